The van der Waals surface area contributed by atoms with Crippen molar-refractivity contribution in [1.82, 2.24) is 0 Å². The number of hydrogen-bond acceptors (Lipinski definition) is 1. The van der Waals surface area contributed by atoms with Crippen LogP contribution in [0, 0.1) is 35.6 Å². The van der Waals surface area contributed by atoms with Gasteiger partial charge in [0.05, 0.1) is 6.54 Å². The standard InChI is InChI=1S/C27H40N.Au.ClH.H2/c1-17(2)23-8-7-9-24(18(3)4)25(23)28-16-27(15-26(28,5)6)21-11-19-10-20(13-21)14-22(27)12-19;;;/h7-9,16-22H,10-15H2,1-6H3;;2*1H/q;+1;;/p-1. The third-order valence-corrected chi connectivity index (χ3v) is 9.00. The summed E-state index contributed by atoms with van der Waals surface area (Å²) in [4.78, 5) is 2.78. The molecule has 0 amide bonds. The molecule has 1 radical (unpaired) electrons. The molecule has 4 bridgehead atoms. The van der Waals surface area contributed by atoms with Crippen LogP contribution in [0.3, 0.4) is 0 Å². The van der Waals surface area contributed by atoms with Gasteiger partial charge in [-0.25, -0.2) is 0 Å². The van der Waals surface area contributed by atoms with Crippen LogP contribution in [0.15, 0.2) is 18.2 Å². The third-order valence-electron chi connectivity index (χ3n) is 9.00. The van der Waals surface area contributed by atoms with E-state index in [0.717, 1.165) is 23.7 Å². The van der Waals surface area contributed by atoms with E-state index in [1.807, 2.05) is 0 Å². The third kappa shape index (κ3) is 3.64. The van der Waals surface area contributed by atoms with Crippen LogP contribution in [-0.4, -0.2) is 5.54 Å². The normalized spacial score (nSPS) is 35.8. The molecule has 0 aromatic heterocycles. The molecule has 1 aliphatic heterocycles. The van der Waals surface area contributed by atoms with E-state index in [9.17, 15) is 0 Å². The van der Waals surface area contributed by atoms with E-state index >= 15 is 0 Å². The number of benzene rings is 1. The van der Waals surface area contributed by atoms with Gasteiger partial charge in [0.2, 0.25) is 0 Å². The predicted molar refractivity (Wildman–Crippen MR) is 122 cm³/mol. The van der Waals surface area contributed by atoms with Gasteiger partial charge in [-0.3, -0.25) is 0 Å². The summed E-state index contributed by atoms with van der Waals surface area (Å²) in [5, 5.41) is 0. The topological polar surface area (TPSA) is 3.24 Å². The van der Waals surface area contributed by atoms with Crippen LogP contribution in [0.2, 0.25) is 0 Å². The van der Waals surface area contributed by atoms with E-state index in [0.29, 0.717) is 17.3 Å². The fourth-order valence-electron chi connectivity index (χ4n) is 8.01. The van der Waals surface area contributed by atoms with Crippen molar-refractivity contribution in [2.45, 2.75) is 97.4 Å². The molecule has 4 aliphatic carbocycles. The Hall–Kier alpha value is 0.0503. The molecule has 1 heterocycles. The number of hydrogen-bond donors (Lipinski definition) is 0. The molecule has 1 nitrogen and oxygen atoms in total. The van der Waals surface area contributed by atoms with E-state index in [2.05, 4.69) is 71.2 Å². The molecule has 0 unspecified atom stereocenters. The maximum atomic E-state index is 2.80. The van der Waals surface area contributed by atoms with E-state index in [1.165, 1.54) is 43.2 Å². The second-order valence-corrected chi connectivity index (χ2v) is 12.0. The van der Waals surface area contributed by atoms with Crippen LogP contribution in [0.1, 0.15) is 104 Å². The minimum atomic E-state index is 0. The quantitative estimate of drug-likeness (QED) is 0.445. The van der Waals surface area contributed by atoms with Crippen LogP contribution in [0.4, 0.5) is 5.69 Å². The van der Waals surface area contributed by atoms with Crippen molar-refractivity contribution in [1.29, 1.82) is 0 Å². The van der Waals surface area contributed by atoms with Gasteiger partial charge in [0.1, 0.15) is 0 Å². The van der Waals surface area contributed by atoms with Gasteiger partial charge in [0, 0.05) is 18.1 Å². The second kappa shape index (κ2) is 8.44. The summed E-state index contributed by atoms with van der Waals surface area (Å²) < 4.78 is 0. The molecular formula is C27H42AuClN. The van der Waals surface area contributed by atoms with Crippen molar-refractivity contribution in [2.75, 3.05) is 4.90 Å². The molecule has 1 aromatic carbocycles. The van der Waals surface area contributed by atoms with Crippen molar-refractivity contribution >= 4 is 5.69 Å². The van der Waals surface area contributed by atoms with Gasteiger partial charge in [-0.2, -0.15) is 0 Å². The molecule has 30 heavy (non-hydrogen) atoms. The molecule has 3 heteroatoms. The van der Waals surface area contributed by atoms with Crippen LogP contribution in [-0.2, 0) is 22.4 Å². The van der Waals surface area contributed by atoms with Gasteiger partial charge >= 0.3 is 22.4 Å². The first kappa shape index (κ1) is 24.7. The largest absolute Gasteiger partial charge is 1.00 e. The van der Waals surface area contributed by atoms with Gasteiger partial charge in [-0.15, -0.1) is 0 Å². The van der Waals surface area contributed by atoms with Crippen LogP contribution < -0.4 is 17.3 Å². The fraction of sp³-hybridized carbons (Fsp3) is 0.741. The van der Waals surface area contributed by atoms with Crippen molar-refractivity contribution in [3.8, 4) is 0 Å². The second-order valence-electron chi connectivity index (χ2n) is 12.0. The summed E-state index contributed by atoms with van der Waals surface area (Å²) >= 11 is 0. The first-order valence-corrected chi connectivity index (χ1v) is 12.0. The Morgan fingerprint density at radius 3 is 1.77 bits per heavy atom. The Morgan fingerprint density at radius 2 is 1.33 bits per heavy atom. The van der Waals surface area contributed by atoms with Crippen molar-refractivity contribution in [3.05, 3.63) is 35.9 Å². The van der Waals surface area contributed by atoms with Gasteiger partial charge in [0.25, 0.3) is 0 Å². The molecule has 4 saturated carbocycles. The van der Waals surface area contributed by atoms with E-state index in [4.69, 9.17) is 0 Å². The van der Waals surface area contributed by atoms with E-state index < -0.39 is 0 Å². The summed E-state index contributed by atoms with van der Waals surface area (Å²) in [6.07, 6.45) is 8.95. The van der Waals surface area contributed by atoms with E-state index in [-0.39, 0.29) is 41.8 Å². The summed E-state index contributed by atoms with van der Waals surface area (Å²) in [6.45, 7) is 17.3. The Labute approximate surface area is 208 Å². The Balaban J connectivity index is 0.00000114. The number of rotatable bonds is 3. The summed E-state index contributed by atoms with van der Waals surface area (Å²) in [5.41, 5.74) is 5.30. The smallest absolute Gasteiger partial charge is 1.00 e. The first-order chi connectivity index (χ1) is 13.2. The molecule has 1 spiro atoms. The molecule has 173 valence electrons. The average molecular weight is 613 g/mol. The van der Waals surface area contributed by atoms with Crippen molar-refractivity contribution in [2.24, 2.45) is 29.1 Å². The molecule has 6 rings (SSSR count). The molecule has 5 fully saturated rings. The minimum Gasteiger partial charge on any atom is -1.00 e. The summed E-state index contributed by atoms with van der Waals surface area (Å²) in [5.74, 6) is 5.12. The number of halogens is 1. The maximum Gasteiger partial charge on any atom is 1.00 e. The maximum absolute atomic E-state index is 2.80. The fourth-order valence-corrected chi connectivity index (χ4v) is 8.01. The molecule has 1 saturated heterocycles. The van der Waals surface area contributed by atoms with Crippen LogP contribution in [0.25, 0.3) is 0 Å². The molecule has 1 aromatic rings. The summed E-state index contributed by atoms with van der Waals surface area (Å²) in [7, 11) is 0. The summed E-state index contributed by atoms with van der Waals surface area (Å²) in [6, 6.07) is 7.06. The zero-order chi connectivity index (χ0) is 19.8. The van der Waals surface area contributed by atoms with Crippen LogP contribution in [0.5, 0.6) is 0 Å². The molecular weight excluding hydrogens is 571 g/mol. The predicted octanol–water partition coefficient (Wildman–Crippen LogP) is 4.77. The van der Waals surface area contributed by atoms with Crippen LogP contribution >= 0.6 is 0 Å². The molecule has 0 atom stereocenters. The molecule has 0 N–H and O–H groups in total. The zero-order valence-corrected chi connectivity index (χ0v) is 22.6. The Kier molecular flexibility index (Phi) is 6.94. The number of nitrogens with zero attached hydrogens (tertiary/aromatic N) is 1. The van der Waals surface area contributed by atoms with E-state index in [1.54, 1.807) is 12.1 Å². The van der Waals surface area contributed by atoms with Crippen molar-refractivity contribution < 1.29 is 36.2 Å². The monoisotopic (exact) mass is 612 g/mol. The zero-order valence-electron chi connectivity index (χ0n) is 19.6. The van der Waals surface area contributed by atoms with Gasteiger partial charge < -0.3 is 17.3 Å². The number of anilines is 1. The first-order valence-electron chi connectivity index (χ1n) is 12.0. The molecule has 5 aliphatic rings. The van der Waals surface area contributed by atoms with Gasteiger partial charge in [-0.05, 0) is 99.0 Å². The average Bonchev–Trinajstić information content (AvgIpc) is 2.90. The Bertz CT molecular complexity index is 720. The van der Waals surface area contributed by atoms with Gasteiger partial charge in [-0.1, -0.05) is 45.9 Å². The van der Waals surface area contributed by atoms with Crippen molar-refractivity contribution in [3.63, 3.8) is 0 Å². The SMILES string of the molecule is CC(C)c1cccc(C(C)C)c1N1[CH]C2(CC1(C)C)C1CC3CC(C1)CC2C3.[Au+].[Cl-].[HH]. The number of para-hydroxylation sites is 1. The Morgan fingerprint density at radius 1 is 0.867 bits per heavy atom. The minimum absolute atomic E-state index is 0. The van der Waals surface area contributed by atoms with Gasteiger partial charge in [0.15, 0.2) is 0 Å².